The van der Waals surface area contributed by atoms with Crippen LogP contribution in [0.2, 0.25) is 0 Å². The van der Waals surface area contributed by atoms with Gasteiger partial charge in [-0.15, -0.1) is 0 Å². The van der Waals surface area contributed by atoms with E-state index in [1.165, 1.54) is 0 Å². The lowest BCUT2D eigenvalue weighted by molar-refractivity contribution is 0.147. The number of tetrazole rings is 1. The Bertz CT molecular complexity index is 291. The van der Waals surface area contributed by atoms with E-state index in [2.05, 4.69) is 22.4 Å². The minimum Gasteiger partial charge on any atom is -0.381 e. The second kappa shape index (κ2) is 2.95. The van der Waals surface area contributed by atoms with Crippen molar-refractivity contribution in [1.82, 2.24) is 20.2 Å². The molecule has 2 rings (SSSR count). The lowest BCUT2D eigenvalue weighted by atomic mass is 9.90. The zero-order valence-corrected chi connectivity index (χ0v) is 7.60. The van der Waals surface area contributed by atoms with Crippen LogP contribution in [-0.2, 0) is 11.3 Å². The molecule has 0 spiro atoms. The maximum atomic E-state index is 5.56. The molecule has 1 aliphatic heterocycles. The normalized spacial score (nSPS) is 28.1. The first-order valence-electron chi connectivity index (χ1n) is 4.29. The molecule has 0 aromatic carbocycles. The van der Waals surface area contributed by atoms with Crippen LogP contribution in [0.1, 0.15) is 13.3 Å². The van der Waals surface area contributed by atoms with Gasteiger partial charge in [0.05, 0.1) is 13.2 Å². The van der Waals surface area contributed by atoms with E-state index in [4.69, 9.17) is 10.5 Å². The molecule has 13 heavy (non-hydrogen) atoms. The molecule has 1 aliphatic rings. The highest BCUT2D eigenvalue weighted by atomic mass is 16.5. The monoisotopic (exact) mass is 183 g/mol. The van der Waals surface area contributed by atoms with Gasteiger partial charge in [0.1, 0.15) is 0 Å². The molecule has 1 unspecified atom stereocenters. The fraction of sp³-hybridized carbons (Fsp3) is 0.857. The van der Waals surface area contributed by atoms with E-state index in [-0.39, 0.29) is 5.41 Å². The highest BCUT2D eigenvalue weighted by Crippen LogP contribution is 2.29. The van der Waals surface area contributed by atoms with E-state index in [1.807, 2.05) is 0 Å². The number of anilines is 1. The summed E-state index contributed by atoms with van der Waals surface area (Å²) in [6.07, 6.45) is 1.03. The number of nitrogens with zero attached hydrogens (tertiary/aromatic N) is 4. The van der Waals surface area contributed by atoms with Crippen molar-refractivity contribution in [1.29, 1.82) is 0 Å². The number of nitrogens with two attached hydrogens (primary N) is 1. The Morgan fingerprint density at radius 3 is 3.08 bits per heavy atom. The molecule has 0 bridgehead atoms. The third-order valence-electron chi connectivity index (χ3n) is 2.39. The number of nitrogen functional groups attached to an aromatic ring is 1. The van der Waals surface area contributed by atoms with Gasteiger partial charge in [-0.25, -0.2) is 4.68 Å². The summed E-state index contributed by atoms with van der Waals surface area (Å²) in [7, 11) is 0. The van der Waals surface area contributed by atoms with E-state index in [1.54, 1.807) is 4.68 Å². The lowest BCUT2D eigenvalue weighted by Crippen LogP contribution is -2.25. The molecule has 0 radical (unpaired) electrons. The van der Waals surface area contributed by atoms with Gasteiger partial charge >= 0.3 is 0 Å². The third kappa shape index (κ3) is 1.62. The highest BCUT2D eigenvalue weighted by molar-refractivity contribution is 5.10. The Morgan fingerprint density at radius 1 is 1.69 bits per heavy atom. The lowest BCUT2D eigenvalue weighted by Gasteiger charge is -2.20. The van der Waals surface area contributed by atoms with E-state index < -0.39 is 0 Å². The molecular formula is C7H13N5O. The molecule has 6 heteroatoms. The van der Waals surface area contributed by atoms with Crippen molar-refractivity contribution in [3.8, 4) is 0 Å². The average Bonchev–Trinajstić information content (AvgIpc) is 2.64. The first-order chi connectivity index (χ1) is 6.20. The Labute approximate surface area is 76.1 Å². The molecule has 0 saturated carbocycles. The highest BCUT2D eigenvalue weighted by Gasteiger charge is 2.31. The number of hydrogen-bond acceptors (Lipinski definition) is 5. The Kier molecular flexibility index (Phi) is 1.91. The summed E-state index contributed by atoms with van der Waals surface area (Å²) in [6, 6.07) is 0. The summed E-state index contributed by atoms with van der Waals surface area (Å²) < 4.78 is 6.95. The summed E-state index contributed by atoms with van der Waals surface area (Å²) in [6.45, 7) is 4.46. The molecule has 1 aromatic heterocycles. The van der Waals surface area contributed by atoms with Gasteiger partial charge in [0.15, 0.2) is 0 Å². The van der Waals surface area contributed by atoms with Crippen molar-refractivity contribution < 1.29 is 4.74 Å². The average molecular weight is 183 g/mol. The standard InChI is InChI=1S/C7H13N5O/c1-7(2-3-13-5-7)4-12-6(8)9-10-11-12/h2-5H2,1H3,(H2,8,9,11). The maximum Gasteiger partial charge on any atom is 0.240 e. The summed E-state index contributed by atoms with van der Waals surface area (Å²) in [5.74, 6) is 0.369. The summed E-state index contributed by atoms with van der Waals surface area (Å²) in [5, 5.41) is 10.9. The predicted octanol–water partition coefficient (Wildman–Crippen LogP) is -0.318. The van der Waals surface area contributed by atoms with Crippen LogP contribution in [-0.4, -0.2) is 33.4 Å². The fourth-order valence-corrected chi connectivity index (χ4v) is 1.52. The van der Waals surface area contributed by atoms with E-state index in [9.17, 15) is 0 Å². The number of aromatic nitrogens is 4. The smallest absolute Gasteiger partial charge is 0.240 e. The zero-order valence-electron chi connectivity index (χ0n) is 7.60. The van der Waals surface area contributed by atoms with Gasteiger partial charge in [0, 0.05) is 12.0 Å². The van der Waals surface area contributed by atoms with Crippen LogP contribution in [0.25, 0.3) is 0 Å². The van der Waals surface area contributed by atoms with Crippen molar-refractivity contribution in [2.75, 3.05) is 18.9 Å². The molecular weight excluding hydrogens is 170 g/mol. The van der Waals surface area contributed by atoms with Crippen LogP contribution < -0.4 is 5.73 Å². The summed E-state index contributed by atoms with van der Waals surface area (Å²) in [5.41, 5.74) is 5.69. The van der Waals surface area contributed by atoms with Crippen LogP contribution >= 0.6 is 0 Å². The zero-order chi connectivity index (χ0) is 9.31. The fourth-order valence-electron chi connectivity index (χ4n) is 1.52. The second-order valence-electron chi connectivity index (χ2n) is 3.81. The van der Waals surface area contributed by atoms with Crippen LogP contribution in [0.3, 0.4) is 0 Å². The SMILES string of the molecule is CC1(Cn2nnnc2N)CCOC1. The molecule has 6 nitrogen and oxygen atoms in total. The molecule has 2 heterocycles. The van der Waals surface area contributed by atoms with Crippen LogP contribution in [0.15, 0.2) is 0 Å². The molecule has 2 N–H and O–H groups in total. The minimum absolute atomic E-state index is 0.128. The minimum atomic E-state index is 0.128. The molecule has 1 aromatic rings. The summed E-state index contributed by atoms with van der Waals surface area (Å²) in [4.78, 5) is 0. The van der Waals surface area contributed by atoms with Crippen LogP contribution in [0.4, 0.5) is 5.95 Å². The molecule has 0 aliphatic carbocycles. The third-order valence-corrected chi connectivity index (χ3v) is 2.39. The Balaban J connectivity index is 2.09. The van der Waals surface area contributed by atoms with E-state index in [0.717, 1.165) is 26.2 Å². The molecule has 1 saturated heterocycles. The summed E-state index contributed by atoms with van der Waals surface area (Å²) >= 11 is 0. The quantitative estimate of drug-likeness (QED) is 0.680. The van der Waals surface area contributed by atoms with E-state index in [0.29, 0.717) is 5.95 Å². The number of hydrogen-bond donors (Lipinski definition) is 1. The molecule has 72 valence electrons. The van der Waals surface area contributed by atoms with Gasteiger partial charge in [-0.3, -0.25) is 0 Å². The largest absolute Gasteiger partial charge is 0.381 e. The number of rotatable bonds is 2. The predicted molar refractivity (Wildman–Crippen MR) is 45.8 cm³/mol. The molecule has 1 atom stereocenters. The van der Waals surface area contributed by atoms with Gasteiger partial charge in [-0.2, -0.15) is 0 Å². The van der Waals surface area contributed by atoms with Gasteiger partial charge < -0.3 is 10.5 Å². The van der Waals surface area contributed by atoms with Crippen molar-refractivity contribution in [3.05, 3.63) is 0 Å². The van der Waals surface area contributed by atoms with Crippen molar-refractivity contribution in [2.45, 2.75) is 19.9 Å². The van der Waals surface area contributed by atoms with Crippen molar-refractivity contribution in [2.24, 2.45) is 5.41 Å². The van der Waals surface area contributed by atoms with Gasteiger partial charge in [0.25, 0.3) is 0 Å². The molecule has 0 amide bonds. The van der Waals surface area contributed by atoms with Gasteiger partial charge in [0.2, 0.25) is 5.95 Å². The van der Waals surface area contributed by atoms with Gasteiger partial charge in [-0.1, -0.05) is 12.0 Å². The number of ether oxygens (including phenoxy) is 1. The second-order valence-corrected chi connectivity index (χ2v) is 3.81. The van der Waals surface area contributed by atoms with Crippen LogP contribution in [0, 0.1) is 5.41 Å². The van der Waals surface area contributed by atoms with Gasteiger partial charge in [-0.05, 0) is 16.8 Å². The Morgan fingerprint density at radius 2 is 2.54 bits per heavy atom. The maximum absolute atomic E-state index is 5.56. The Hall–Kier alpha value is -1.17. The van der Waals surface area contributed by atoms with E-state index >= 15 is 0 Å². The topological polar surface area (TPSA) is 78.9 Å². The van der Waals surface area contributed by atoms with Crippen LogP contribution in [0.5, 0.6) is 0 Å². The van der Waals surface area contributed by atoms with Crippen molar-refractivity contribution in [3.63, 3.8) is 0 Å². The first kappa shape index (κ1) is 8.43. The molecule has 1 fully saturated rings. The first-order valence-corrected chi connectivity index (χ1v) is 4.29. The van der Waals surface area contributed by atoms with Crippen molar-refractivity contribution >= 4 is 5.95 Å².